The fourth-order valence-electron chi connectivity index (χ4n) is 1.84. The Morgan fingerprint density at radius 2 is 2.08 bits per heavy atom. The lowest BCUT2D eigenvalue weighted by atomic mass is 10.2. The molecule has 0 amide bonds. The van der Waals surface area contributed by atoms with Crippen molar-refractivity contribution < 1.29 is 19.4 Å². The zero-order valence-electron chi connectivity index (χ0n) is 12.4. The largest absolute Gasteiger partial charge is 0.478 e. The first-order chi connectivity index (χ1) is 11.5. The van der Waals surface area contributed by atoms with Crippen molar-refractivity contribution >= 4 is 56.6 Å². The number of aromatic nitrogens is 3. The van der Waals surface area contributed by atoms with Crippen LogP contribution in [-0.2, 0) is 16.0 Å². The number of hydrogen-bond donors (Lipinski definition) is 1. The summed E-state index contributed by atoms with van der Waals surface area (Å²) in [5, 5.41) is 17.6. The number of rotatable bonds is 6. The number of carbonyl (C=O) groups is 2. The van der Waals surface area contributed by atoms with E-state index in [1.807, 2.05) is 0 Å². The third-order valence-electron chi connectivity index (χ3n) is 2.84. The van der Waals surface area contributed by atoms with Gasteiger partial charge in [-0.1, -0.05) is 11.3 Å². The zero-order chi connectivity index (χ0) is 17.1. The van der Waals surface area contributed by atoms with Crippen molar-refractivity contribution in [2.75, 3.05) is 6.61 Å². The normalized spacial score (nSPS) is 10.9. The Labute approximate surface area is 148 Å². The molecule has 0 aliphatic carbocycles. The molecule has 0 unspecified atom stereocenters. The molecule has 1 N–H and O–H groups in total. The summed E-state index contributed by atoms with van der Waals surface area (Å²) in [6.07, 6.45) is 0.105. The molecule has 0 bridgehead atoms. The molecule has 0 saturated carbocycles. The monoisotopic (exact) mass is 381 g/mol. The van der Waals surface area contributed by atoms with Crippen LogP contribution in [0.2, 0.25) is 0 Å². The van der Waals surface area contributed by atoms with Gasteiger partial charge in [-0.25, -0.2) is 9.78 Å². The van der Waals surface area contributed by atoms with Crippen molar-refractivity contribution in [1.29, 1.82) is 0 Å². The Hall–Kier alpha value is -2.04. The SMILES string of the molecule is CCOC(=O)Cc1nnc(Sc2nc3ccc(C(=O)O)cc3s2)s1. The van der Waals surface area contributed by atoms with Gasteiger partial charge in [-0.15, -0.1) is 21.5 Å². The minimum atomic E-state index is -0.966. The Morgan fingerprint density at radius 1 is 1.25 bits per heavy atom. The summed E-state index contributed by atoms with van der Waals surface area (Å²) in [4.78, 5) is 26.9. The number of ether oxygens (including phenoxy) is 1. The third-order valence-corrected chi connectivity index (χ3v) is 5.89. The van der Waals surface area contributed by atoms with Gasteiger partial charge in [0.1, 0.15) is 5.01 Å². The fraction of sp³-hybridized carbons (Fsp3) is 0.214. The fourth-order valence-corrected chi connectivity index (χ4v) is 5.03. The first-order valence-corrected chi connectivity index (χ1v) is 9.30. The van der Waals surface area contributed by atoms with Gasteiger partial charge in [-0.3, -0.25) is 4.79 Å². The number of esters is 1. The third kappa shape index (κ3) is 3.89. The van der Waals surface area contributed by atoms with Gasteiger partial charge in [0.05, 0.1) is 28.8 Å². The summed E-state index contributed by atoms with van der Waals surface area (Å²) < 4.78 is 7.09. The Morgan fingerprint density at radius 3 is 2.83 bits per heavy atom. The standard InChI is InChI=1S/C14H11N3O4S3/c1-2-21-11(18)6-10-16-17-14(23-10)24-13-15-8-4-3-7(12(19)20)5-9(8)22-13/h3-5H,2,6H2,1H3,(H,19,20). The molecule has 0 aliphatic rings. The lowest BCUT2D eigenvalue weighted by molar-refractivity contribution is -0.142. The summed E-state index contributed by atoms with van der Waals surface area (Å²) in [6.45, 7) is 2.09. The van der Waals surface area contributed by atoms with E-state index in [2.05, 4.69) is 15.2 Å². The smallest absolute Gasteiger partial charge is 0.335 e. The Bertz CT molecular complexity index is 906. The van der Waals surface area contributed by atoms with E-state index in [0.29, 0.717) is 16.0 Å². The van der Waals surface area contributed by atoms with Gasteiger partial charge in [0.15, 0.2) is 8.68 Å². The topological polar surface area (TPSA) is 102 Å². The van der Waals surface area contributed by atoms with Crippen LogP contribution in [0.25, 0.3) is 10.2 Å². The maximum Gasteiger partial charge on any atom is 0.335 e. The highest BCUT2D eigenvalue weighted by Gasteiger charge is 2.14. The molecule has 10 heteroatoms. The molecule has 3 aromatic rings. The lowest BCUT2D eigenvalue weighted by Crippen LogP contribution is -2.07. The van der Waals surface area contributed by atoms with E-state index in [-0.39, 0.29) is 18.0 Å². The molecular weight excluding hydrogens is 370 g/mol. The lowest BCUT2D eigenvalue weighted by Gasteiger charge is -1.96. The quantitative estimate of drug-likeness (QED) is 0.650. The van der Waals surface area contributed by atoms with Crippen molar-refractivity contribution in [3.05, 3.63) is 28.8 Å². The highest BCUT2D eigenvalue weighted by Crippen LogP contribution is 2.36. The van der Waals surface area contributed by atoms with Crippen LogP contribution in [0, 0.1) is 0 Å². The predicted molar refractivity (Wildman–Crippen MR) is 90.9 cm³/mol. The number of nitrogens with zero attached hydrogens (tertiary/aromatic N) is 3. The number of benzene rings is 1. The van der Waals surface area contributed by atoms with Crippen LogP contribution >= 0.6 is 34.4 Å². The summed E-state index contributed by atoms with van der Waals surface area (Å²) in [5.74, 6) is -1.29. The van der Waals surface area contributed by atoms with Gasteiger partial charge in [0.25, 0.3) is 0 Å². The van der Waals surface area contributed by atoms with Crippen LogP contribution in [0.3, 0.4) is 0 Å². The van der Waals surface area contributed by atoms with Crippen molar-refractivity contribution in [3.8, 4) is 0 Å². The summed E-state index contributed by atoms with van der Waals surface area (Å²) in [7, 11) is 0. The van der Waals surface area contributed by atoms with Gasteiger partial charge in [-0.2, -0.15) is 0 Å². The van der Waals surface area contributed by atoms with Crippen molar-refractivity contribution in [3.63, 3.8) is 0 Å². The van der Waals surface area contributed by atoms with Gasteiger partial charge in [0, 0.05) is 0 Å². The van der Waals surface area contributed by atoms with Gasteiger partial charge < -0.3 is 9.84 Å². The minimum Gasteiger partial charge on any atom is -0.478 e. The maximum atomic E-state index is 11.4. The average molecular weight is 381 g/mol. The number of thiazole rings is 1. The van der Waals surface area contributed by atoms with E-state index in [1.54, 1.807) is 19.1 Å². The van der Waals surface area contributed by atoms with Crippen LogP contribution in [0.1, 0.15) is 22.3 Å². The summed E-state index contributed by atoms with van der Waals surface area (Å²) in [5.41, 5.74) is 0.971. The second kappa shape index (κ2) is 7.24. The van der Waals surface area contributed by atoms with E-state index in [1.165, 1.54) is 40.5 Å². The molecule has 24 heavy (non-hydrogen) atoms. The number of fused-ring (bicyclic) bond motifs is 1. The Balaban J connectivity index is 1.74. The predicted octanol–water partition coefficient (Wildman–Crippen LogP) is 3.10. The number of hydrogen-bond acceptors (Lipinski definition) is 9. The average Bonchev–Trinajstić information content (AvgIpc) is 3.13. The van der Waals surface area contributed by atoms with Crippen LogP contribution in [0.5, 0.6) is 0 Å². The molecule has 1 aromatic carbocycles. The van der Waals surface area contributed by atoms with Crippen molar-refractivity contribution in [2.45, 2.75) is 22.0 Å². The molecule has 2 heterocycles. The number of carbonyl (C=O) groups excluding carboxylic acids is 1. The van der Waals surface area contributed by atoms with E-state index in [0.717, 1.165) is 14.6 Å². The highest BCUT2D eigenvalue weighted by atomic mass is 32.2. The van der Waals surface area contributed by atoms with Crippen LogP contribution < -0.4 is 0 Å². The minimum absolute atomic E-state index is 0.105. The molecule has 2 aromatic heterocycles. The molecule has 0 fully saturated rings. The second-order valence-corrected chi connectivity index (χ2v) is 8.10. The van der Waals surface area contributed by atoms with Crippen LogP contribution in [-0.4, -0.2) is 38.8 Å². The first-order valence-electron chi connectivity index (χ1n) is 6.85. The summed E-state index contributed by atoms with van der Waals surface area (Å²) >= 11 is 4.04. The van der Waals surface area contributed by atoms with E-state index >= 15 is 0 Å². The maximum absolute atomic E-state index is 11.4. The molecular formula is C14H11N3O4S3. The zero-order valence-corrected chi connectivity index (χ0v) is 14.8. The van der Waals surface area contributed by atoms with Crippen LogP contribution in [0.4, 0.5) is 0 Å². The molecule has 0 spiro atoms. The van der Waals surface area contributed by atoms with E-state index < -0.39 is 5.97 Å². The van der Waals surface area contributed by atoms with Gasteiger partial charge in [-0.05, 0) is 36.9 Å². The first kappa shape index (κ1) is 16.8. The van der Waals surface area contributed by atoms with Crippen molar-refractivity contribution in [1.82, 2.24) is 15.2 Å². The number of carboxylic acid groups (broad SMARTS) is 1. The highest BCUT2D eigenvalue weighted by molar-refractivity contribution is 8.02. The molecule has 0 aliphatic heterocycles. The molecule has 3 rings (SSSR count). The molecule has 124 valence electrons. The van der Waals surface area contributed by atoms with Crippen LogP contribution in [0.15, 0.2) is 26.9 Å². The molecule has 7 nitrogen and oxygen atoms in total. The van der Waals surface area contributed by atoms with E-state index in [9.17, 15) is 9.59 Å². The molecule has 0 radical (unpaired) electrons. The van der Waals surface area contributed by atoms with E-state index in [4.69, 9.17) is 9.84 Å². The van der Waals surface area contributed by atoms with Crippen molar-refractivity contribution in [2.24, 2.45) is 0 Å². The molecule has 0 saturated heterocycles. The number of carboxylic acids is 1. The number of aromatic carboxylic acids is 1. The molecule has 0 atom stereocenters. The second-order valence-electron chi connectivity index (χ2n) is 4.51. The summed E-state index contributed by atoms with van der Waals surface area (Å²) in [6, 6.07) is 4.82. The van der Waals surface area contributed by atoms with Gasteiger partial charge in [0.2, 0.25) is 0 Å². The Kier molecular flexibility index (Phi) is 5.07. The van der Waals surface area contributed by atoms with Gasteiger partial charge >= 0.3 is 11.9 Å².